The maximum Gasteiger partial charge on any atom is 0.254 e. The van der Waals surface area contributed by atoms with Crippen LogP contribution in [0.15, 0.2) is 23.3 Å². The number of aryl methyl sites for hydroxylation is 1. The van der Waals surface area contributed by atoms with E-state index < -0.39 is 0 Å². The lowest BCUT2D eigenvalue weighted by molar-refractivity contribution is -0.133. The van der Waals surface area contributed by atoms with E-state index in [4.69, 9.17) is 4.74 Å². The van der Waals surface area contributed by atoms with E-state index in [9.17, 15) is 9.59 Å². The van der Waals surface area contributed by atoms with E-state index in [1.807, 2.05) is 13.0 Å². The Balaban J connectivity index is 1.53. The van der Waals surface area contributed by atoms with E-state index >= 15 is 0 Å². The van der Waals surface area contributed by atoms with Crippen molar-refractivity contribution in [3.8, 4) is 5.75 Å². The van der Waals surface area contributed by atoms with Crippen LogP contribution >= 0.6 is 0 Å². The van der Waals surface area contributed by atoms with E-state index in [-0.39, 0.29) is 24.1 Å². The fourth-order valence-corrected chi connectivity index (χ4v) is 2.71. The molecule has 1 amide bonds. The Kier molecular flexibility index (Phi) is 4.59. The summed E-state index contributed by atoms with van der Waals surface area (Å²) in [5.41, 5.74) is 0.769. The molecule has 128 valence electrons. The van der Waals surface area contributed by atoms with Gasteiger partial charge >= 0.3 is 0 Å². The number of likely N-dealkylation sites (tertiary alicyclic amines) is 1. The molecule has 24 heavy (non-hydrogen) atoms. The molecular weight excluding hydrogens is 312 g/mol. The molecule has 2 aromatic heterocycles. The zero-order chi connectivity index (χ0) is 17.1. The number of ether oxygens (including phenoxy) is 1. The largest absolute Gasteiger partial charge is 0.490 e. The lowest BCUT2D eigenvalue weighted by Crippen LogP contribution is -2.43. The molecule has 3 rings (SSSR count). The molecular formula is C15H20N6O3. The number of aromatic nitrogens is 5. The summed E-state index contributed by atoms with van der Waals surface area (Å²) in [6.45, 7) is 3.26. The molecule has 2 aromatic rings. The van der Waals surface area contributed by atoms with Crippen molar-refractivity contribution < 1.29 is 9.53 Å². The highest BCUT2D eigenvalue weighted by Crippen LogP contribution is 2.19. The number of piperidine rings is 1. The number of carbonyl (C=O) groups is 1. The van der Waals surface area contributed by atoms with E-state index in [2.05, 4.69) is 15.5 Å². The van der Waals surface area contributed by atoms with Crippen molar-refractivity contribution in [3.63, 3.8) is 0 Å². The minimum absolute atomic E-state index is 0.00796. The Bertz CT molecular complexity index is 762. The van der Waals surface area contributed by atoms with Crippen LogP contribution in [0, 0.1) is 6.92 Å². The van der Waals surface area contributed by atoms with Gasteiger partial charge in [-0.3, -0.25) is 9.59 Å². The topological polar surface area (TPSA) is 95.1 Å². The molecule has 0 bridgehead atoms. The fraction of sp³-hybridized carbons (Fsp3) is 0.533. The quantitative estimate of drug-likeness (QED) is 0.766. The van der Waals surface area contributed by atoms with Gasteiger partial charge in [-0.25, -0.2) is 4.68 Å². The normalized spacial score (nSPS) is 15.5. The smallest absolute Gasteiger partial charge is 0.254 e. The minimum Gasteiger partial charge on any atom is -0.490 e. The lowest BCUT2D eigenvalue weighted by Gasteiger charge is -2.32. The summed E-state index contributed by atoms with van der Waals surface area (Å²) in [5.74, 6) is 0.583. The first-order chi connectivity index (χ1) is 11.5. The van der Waals surface area contributed by atoms with Gasteiger partial charge in [-0.1, -0.05) is 0 Å². The third-order valence-corrected chi connectivity index (χ3v) is 4.26. The molecule has 0 unspecified atom stereocenters. The number of pyridine rings is 1. The first kappa shape index (κ1) is 16.2. The van der Waals surface area contributed by atoms with Gasteiger partial charge in [-0.15, -0.1) is 5.10 Å². The van der Waals surface area contributed by atoms with E-state index in [1.165, 1.54) is 17.1 Å². The van der Waals surface area contributed by atoms with Gasteiger partial charge in [0.15, 0.2) is 0 Å². The predicted molar refractivity (Wildman–Crippen MR) is 84.5 cm³/mol. The van der Waals surface area contributed by atoms with Crippen LogP contribution in [0.4, 0.5) is 0 Å². The van der Waals surface area contributed by atoms with E-state index in [0.29, 0.717) is 18.8 Å². The monoisotopic (exact) mass is 332 g/mol. The average molecular weight is 332 g/mol. The number of nitrogens with zero attached hydrogens (tertiary/aromatic N) is 6. The van der Waals surface area contributed by atoms with Crippen molar-refractivity contribution in [3.05, 3.63) is 34.5 Å². The molecule has 9 heteroatoms. The van der Waals surface area contributed by atoms with Gasteiger partial charge in [0.2, 0.25) is 5.91 Å². The standard InChI is InChI=1S/C15H20N6O3/c1-11-7-13(8-14(22)19(11)2)24-12-3-5-20(6-4-12)15(23)9-21-10-16-17-18-21/h7-8,10,12H,3-6,9H2,1-2H3. The number of amides is 1. The molecule has 9 nitrogen and oxygen atoms in total. The fourth-order valence-electron chi connectivity index (χ4n) is 2.71. The number of hydrogen-bond acceptors (Lipinski definition) is 6. The summed E-state index contributed by atoms with van der Waals surface area (Å²) in [4.78, 5) is 25.8. The summed E-state index contributed by atoms with van der Waals surface area (Å²) >= 11 is 0. The lowest BCUT2D eigenvalue weighted by atomic mass is 10.1. The highest BCUT2D eigenvalue weighted by molar-refractivity contribution is 5.75. The number of tetrazole rings is 1. The number of hydrogen-bond donors (Lipinski definition) is 0. The molecule has 1 saturated heterocycles. The van der Waals surface area contributed by atoms with Crippen molar-refractivity contribution in [1.82, 2.24) is 29.7 Å². The predicted octanol–water partition coefficient (Wildman–Crippen LogP) is -0.250. The van der Waals surface area contributed by atoms with Gasteiger partial charge in [0.1, 0.15) is 24.7 Å². The van der Waals surface area contributed by atoms with Crippen molar-refractivity contribution in [1.29, 1.82) is 0 Å². The first-order valence-corrected chi connectivity index (χ1v) is 7.86. The van der Waals surface area contributed by atoms with Gasteiger partial charge in [0, 0.05) is 44.7 Å². The molecule has 1 fully saturated rings. The molecule has 0 atom stereocenters. The molecule has 0 radical (unpaired) electrons. The summed E-state index contributed by atoms with van der Waals surface area (Å²) in [6.07, 6.45) is 2.89. The van der Waals surface area contributed by atoms with Gasteiger partial charge in [-0.2, -0.15) is 0 Å². The minimum atomic E-state index is -0.0842. The first-order valence-electron chi connectivity index (χ1n) is 7.86. The van der Waals surface area contributed by atoms with Crippen LogP contribution in [-0.2, 0) is 18.4 Å². The average Bonchev–Trinajstić information content (AvgIpc) is 3.06. The van der Waals surface area contributed by atoms with Crippen LogP contribution in [0.5, 0.6) is 5.75 Å². The maximum atomic E-state index is 12.2. The highest BCUT2D eigenvalue weighted by atomic mass is 16.5. The van der Waals surface area contributed by atoms with Crippen LogP contribution in [0.1, 0.15) is 18.5 Å². The second-order valence-electron chi connectivity index (χ2n) is 5.94. The van der Waals surface area contributed by atoms with Crippen LogP contribution in [0.25, 0.3) is 0 Å². The molecule has 1 aliphatic heterocycles. The van der Waals surface area contributed by atoms with E-state index in [0.717, 1.165) is 18.5 Å². The molecule has 0 saturated carbocycles. The Morgan fingerprint density at radius 1 is 1.33 bits per heavy atom. The zero-order valence-corrected chi connectivity index (χ0v) is 13.8. The van der Waals surface area contributed by atoms with Gasteiger partial charge < -0.3 is 14.2 Å². The van der Waals surface area contributed by atoms with Crippen molar-refractivity contribution >= 4 is 5.91 Å². The van der Waals surface area contributed by atoms with Crippen molar-refractivity contribution in [2.75, 3.05) is 13.1 Å². The maximum absolute atomic E-state index is 12.2. The van der Waals surface area contributed by atoms with Crippen LogP contribution in [0.2, 0.25) is 0 Å². The van der Waals surface area contributed by atoms with E-state index in [1.54, 1.807) is 16.5 Å². The zero-order valence-electron chi connectivity index (χ0n) is 13.8. The third kappa shape index (κ3) is 3.61. The summed E-state index contributed by atoms with van der Waals surface area (Å²) < 4.78 is 8.90. The third-order valence-electron chi connectivity index (χ3n) is 4.26. The van der Waals surface area contributed by atoms with Crippen LogP contribution in [-0.4, -0.2) is 54.8 Å². The summed E-state index contributed by atoms with van der Waals surface area (Å²) in [5, 5.41) is 10.7. The molecule has 1 aliphatic rings. The Hall–Kier alpha value is -2.71. The SMILES string of the molecule is Cc1cc(OC2CCN(C(=O)Cn3cnnn3)CC2)cc(=O)n1C. The van der Waals surface area contributed by atoms with Crippen molar-refractivity contribution in [2.24, 2.45) is 7.05 Å². The molecule has 0 aliphatic carbocycles. The van der Waals surface area contributed by atoms with Crippen LogP contribution in [0.3, 0.4) is 0 Å². The molecule has 3 heterocycles. The Morgan fingerprint density at radius 2 is 2.08 bits per heavy atom. The molecule has 0 aromatic carbocycles. The van der Waals surface area contributed by atoms with Crippen LogP contribution < -0.4 is 10.3 Å². The number of carbonyl (C=O) groups excluding carboxylic acids is 1. The Morgan fingerprint density at radius 3 is 2.71 bits per heavy atom. The Labute approximate surface area is 138 Å². The second-order valence-corrected chi connectivity index (χ2v) is 5.94. The van der Waals surface area contributed by atoms with Crippen molar-refractivity contribution in [2.45, 2.75) is 32.4 Å². The second kappa shape index (κ2) is 6.81. The molecule has 0 spiro atoms. The van der Waals surface area contributed by atoms with Gasteiger partial charge in [0.25, 0.3) is 5.56 Å². The van der Waals surface area contributed by atoms with Gasteiger partial charge in [0.05, 0.1) is 0 Å². The number of rotatable bonds is 4. The summed E-state index contributed by atoms with van der Waals surface area (Å²) in [6, 6.07) is 3.36. The summed E-state index contributed by atoms with van der Waals surface area (Å²) in [7, 11) is 1.73. The molecule has 0 N–H and O–H groups in total. The van der Waals surface area contributed by atoms with Gasteiger partial charge in [-0.05, 0) is 23.4 Å². The highest BCUT2D eigenvalue weighted by Gasteiger charge is 2.24.